The van der Waals surface area contributed by atoms with Crippen LogP contribution in [0.25, 0.3) is 11.3 Å². The zero-order valence-corrected chi connectivity index (χ0v) is 13.6. The average Bonchev–Trinajstić information content (AvgIpc) is 3.06. The first kappa shape index (κ1) is 16.0. The number of carbonyl (C=O) groups is 1. The lowest BCUT2D eigenvalue weighted by Gasteiger charge is -2.14. The van der Waals surface area contributed by atoms with Gasteiger partial charge < -0.3 is 10.1 Å². The van der Waals surface area contributed by atoms with Gasteiger partial charge in [-0.25, -0.2) is 0 Å². The molecule has 0 aliphatic rings. The van der Waals surface area contributed by atoms with Gasteiger partial charge in [0.1, 0.15) is 5.75 Å². The number of halogens is 1. The number of pyridine rings is 1. The zero-order valence-electron chi connectivity index (χ0n) is 12.9. The van der Waals surface area contributed by atoms with Crippen molar-refractivity contribution < 1.29 is 9.53 Å². The maximum Gasteiger partial charge on any atom is 0.266 e. The Kier molecular flexibility index (Phi) is 4.77. The van der Waals surface area contributed by atoms with E-state index in [0.29, 0.717) is 16.6 Å². The molecule has 1 aromatic carbocycles. The number of nitrogens with one attached hydrogen (secondary N) is 2. The lowest BCUT2D eigenvalue weighted by Crippen LogP contribution is -2.30. The average molecular weight is 343 g/mol. The van der Waals surface area contributed by atoms with Gasteiger partial charge in [-0.1, -0.05) is 23.7 Å². The van der Waals surface area contributed by atoms with E-state index < -0.39 is 6.10 Å². The van der Waals surface area contributed by atoms with E-state index in [-0.39, 0.29) is 5.91 Å². The van der Waals surface area contributed by atoms with E-state index in [1.807, 2.05) is 12.1 Å². The summed E-state index contributed by atoms with van der Waals surface area (Å²) in [4.78, 5) is 16.2. The van der Waals surface area contributed by atoms with E-state index in [4.69, 9.17) is 16.3 Å². The second kappa shape index (κ2) is 7.14. The maximum absolute atomic E-state index is 12.2. The van der Waals surface area contributed by atoms with Gasteiger partial charge in [-0.05, 0) is 31.2 Å². The van der Waals surface area contributed by atoms with Crippen LogP contribution in [0.1, 0.15) is 6.92 Å². The van der Waals surface area contributed by atoms with Gasteiger partial charge in [0, 0.05) is 24.0 Å². The Morgan fingerprint density at radius 3 is 2.75 bits per heavy atom. The van der Waals surface area contributed by atoms with E-state index >= 15 is 0 Å². The van der Waals surface area contributed by atoms with Crippen LogP contribution in [0.5, 0.6) is 5.75 Å². The number of H-pyrrole nitrogens is 1. The number of nitrogens with zero attached hydrogens (tertiary/aromatic N) is 2. The molecule has 0 aliphatic heterocycles. The van der Waals surface area contributed by atoms with Gasteiger partial charge in [-0.3, -0.25) is 14.9 Å². The number of aromatic nitrogens is 3. The number of ether oxygens (including phenoxy) is 1. The highest BCUT2D eigenvalue weighted by atomic mass is 35.5. The third-order valence-corrected chi connectivity index (χ3v) is 3.64. The van der Waals surface area contributed by atoms with Crippen molar-refractivity contribution >= 4 is 23.3 Å². The molecule has 3 rings (SSSR count). The molecule has 2 heterocycles. The minimum Gasteiger partial charge on any atom is -0.479 e. The van der Waals surface area contributed by atoms with Crippen LogP contribution in [0, 0.1) is 0 Å². The van der Waals surface area contributed by atoms with Gasteiger partial charge in [-0.2, -0.15) is 5.10 Å². The molecule has 1 unspecified atom stereocenters. The number of amides is 1. The Bertz CT molecular complexity index is 835. The van der Waals surface area contributed by atoms with Crippen molar-refractivity contribution in [2.45, 2.75) is 13.0 Å². The third-order valence-electron chi connectivity index (χ3n) is 3.33. The van der Waals surface area contributed by atoms with E-state index in [1.54, 1.807) is 49.6 Å². The number of anilines is 1. The number of rotatable bonds is 5. The lowest BCUT2D eigenvalue weighted by atomic mass is 10.2. The Hall–Kier alpha value is -2.86. The van der Waals surface area contributed by atoms with Crippen LogP contribution in [0.15, 0.2) is 54.9 Å². The Labute approximate surface area is 143 Å². The van der Waals surface area contributed by atoms with Gasteiger partial charge >= 0.3 is 0 Å². The van der Waals surface area contributed by atoms with Crippen molar-refractivity contribution in [3.63, 3.8) is 0 Å². The molecule has 7 heteroatoms. The van der Waals surface area contributed by atoms with Crippen molar-refractivity contribution in [3.05, 3.63) is 59.9 Å². The summed E-state index contributed by atoms with van der Waals surface area (Å²) in [5.41, 5.74) is 1.71. The van der Waals surface area contributed by atoms with Gasteiger partial charge in [0.2, 0.25) is 0 Å². The predicted molar refractivity (Wildman–Crippen MR) is 92.0 cm³/mol. The van der Waals surface area contributed by atoms with Crippen molar-refractivity contribution in [2.75, 3.05) is 5.32 Å². The number of aromatic amines is 1. The van der Waals surface area contributed by atoms with Crippen molar-refractivity contribution in [3.8, 4) is 17.0 Å². The second-order valence-electron chi connectivity index (χ2n) is 5.08. The molecule has 2 N–H and O–H groups in total. The highest BCUT2D eigenvalue weighted by Crippen LogP contribution is 2.24. The second-order valence-corrected chi connectivity index (χ2v) is 5.49. The quantitative estimate of drug-likeness (QED) is 0.743. The van der Waals surface area contributed by atoms with Crippen LogP contribution < -0.4 is 10.1 Å². The predicted octanol–water partition coefficient (Wildman–Crippen LogP) is 3.53. The normalized spacial score (nSPS) is 11.8. The summed E-state index contributed by atoms with van der Waals surface area (Å²) in [7, 11) is 0. The molecule has 0 fully saturated rings. The highest BCUT2D eigenvalue weighted by molar-refractivity contribution is 6.32. The molecule has 0 aliphatic carbocycles. The molecule has 0 saturated carbocycles. The minimum atomic E-state index is -0.717. The van der Waals surface area contributed by atoms with E-state index in [2.05, 4.69) is 20.5 Å². The number of para-hydroxylation sites is 1. The topological polar surface area (TPSA) is 79.9 Å². The Balaban J connectivity index is 1.65. The monoisotopic (exact) mass is 342 g/mol. The SMILES string of the molecule is CC(Oc1ccccc1Cl)C(=O)Nc1cc(-c2ccncc2)[nH]n1. The molecule has 122 valence electrons. The number of hydrogen-bond donors (Lipinski definition) is 2. The molecule has 3 aromatic rings. The first-order chi connectivity index (χ1) is 11.6. The summed E-state index contributed by atoms with van der Waals surface area (Å²) in [6, 6.07) is 12.4. The summed E-state index contributed by atoms with van der Waals surface area (Å²) in [5, 5.41) is 10.1. The fourth-order valence-corrected chi connectivity index (χ4v) is 2.26. The first-order valence-electron chi connectivity index (χ1n) is 7.31. The van der Waals surface area contributed by atoms with Gasteiger partial charge in [0.05, 0.1) is 10.7 Å². The summed E-state index contributed by atoms with van der Waals surface area (Å²) in [6.45, 7) is 1.65. The molecule has 1 atom stereocenters. The van der Waals surface area contributed by atoms with E-state index in [1.165, 1.54) is 0 Å². The fraction of sp³-hybridized carbons (Fsp3) is 0.118. The maximum atomic E-state index is 12.2. The standard InChI is InChI=1S/C17H15ClN4O2/c1-11(24-15-5-3-2-4-13(15)18)17(23)20-16-10-14(21-22-16)12-6-8-19-9-7-12/h2-11H,1H3,(H2,20,21,22,23). The van der Waals surface area contributed by atoms with Crippen molar-refractivity contribution in [1.29, 1.82) is 0 Å². The largest absolute Gasteiger partial charge is 0.479 e. The molecular weight excluding hydrogens is 328 g/mol. The molecule has 0 radical (unpaired) electrons. The van der Waals surface area contributed by atoms with Gasteiger partial charge in [0.25, 0.3) is 5.91 Å². The third kappa shape index (κ3) is 3.72. The summed E-state index contributed by atoms with van der Waals surface area (Å²) in [5.74, 6) is 0.561. The van der Waals surface area contributed by atoms with Gasteiger partial charge in [0.15, 0.2) is 11.9 Å². The smallest absolute Gasteiger partial charge is 0.266 e. The minimum absolute atomic E-state index is 0.317. The summed E-state index contributed by atoms with van der Waals surface area (Å²) < 4.78 is 5.58. The van der Waals surface area contributed by atoms with Gasteiger partial charge in [-0.15, -0.1) is 0 Å². The Morgan fingerprint density at radius 1 is 1.25 bits per heavy atom. The molecule has 0 spiro atoms. The molecule has 0 saturated heterocycles. The van der Waals surface area contributed by atoms with Crippen LogP contribution >= 0.6 is 11.6 Å². The number of benzene rings is 1. The lowest BCUT2D eigenvalue weighted by molar-refractivity contribution is -0.122. The molecule has 6 nitrogen and oxygen atoms in total. The molecule has 1 amide bonds. The molecule has 24 heavy (non-hydrogen) atoms. The van der Waals surface area contributed by atoms with Crippen molar-refractivity contribution in [2.24, 2.45) is 0 Å². The summed E-state index contributed by atoms with van der Waals surface area (Å²) in [6.07, 6.45) is 2.66. The van der Waals surface area contributed by atoms with Crippen LogP contribution in [-0.2, 0) is 4.79 Å². The van der Waals surface area contributed by atoms with Crippen LogP contribution in [0.2, 0.25) is 5.02 Å². The summed E-state index contributed by atoms with van der Waals surface area (Å²) >= 11 is 6.03. The highest BCUT2D eigenvalue weighted by Gasteiger charge is 2.17. The zero-order chi connectivity index (χ0) is 16.9. The van der Waals surface area contributed by atoms with Crippen LogP contribution in [-0.4, -0.2) is 27.2 Å². The molecular formula is C17H15ClN4O2. The van der Waals surface area contributed by atoms with E-state index in [0.717, 1.165) is 11.3 Å². The Morgan fingerprint density at radius 2 is 2.00 bits per heavy atom. The van der Waals surface area contributed by atoms with Crippen LogP contribution in [0.4, 0.5) is 5.82 Å². The number of hydrogen-bond acceptors (Lipinski definition) is 4. The fourth-order valence-electron chi connectivity index (χ4n) is 2.08. The molecule has 2 aromatic heterocycles. The van der Waals surface area contributed by atoms with E-state index in [9.17, 15) is 4.79 Å². The number of carbonyl (C=O) groups excluding carboxylic acids is 1. The first-order valence-corrected chi connectivity index (χ1v) is 7.69. The van der Waals surface area contributed by atoms with Crippen molar-refractivity contribution in [1.82, 2.24) is 15.2 Å². The van der Waals surface area contributed by atoms with Crippen LogP contribution in [0.3, 0.4) is 0 Å². The molecule has 0 bridgehead atoms.